The van der Waals surface area contributed by atoms with E-state index in [2.05, 4.69) is 22.1 Å². The second kappa shape index (κ2) is 3.63. The van der Waals surface area contributed by atoms with Crippen molar-refractivity contribution in [2.75, 3.05) is 13.2 Å². The lowest BCUT2D eigenvalue weighted by Gasteiger charge is -2.21. The summed E-state index contributed by atoms with van der Waals surface area (Å²) in [6, 6.07) is 2.21. The van der Waals surface area contributed by atoms with Crippen molar-refractivity contribution in [2.45, 2.75) is 31.7 Å². The summed E-state index contributed by atoms with van der Waals surface area (Å²) in [5.74, 6) is 0. The molecule has 2 atom stereocenters. The number of hydrogen-bond acceptors (Lipinski definition) is 3. The zero-order valence-electron chi connectivity index (χ0n) is 8.65. The third-order valence-electron chi connectivity index (χ3n) is 3.35. The maximum Gasteiger partial charge on any atom is 0.0872 e. The number of ether oxygens (including phenoxy) is 1. The van der Waals surface area contributed by atoms with E-state index < -0.39 is 0 Å². The molecular formula is C11H16N2O2. The van der Waals surface area contributed by atoms with Crippen molar-refractivity contribution in [2.24, 2.45) is 0 Å². The lowest BCUT2D eigenvalue weighted by Crippen LogP contribution is -2.24. The van der Waals surface area contributed by atoms with Crippen LogP contribution in [0.5, 0.6) is 0 Å². The standard InChI is InChI=1S/C11H16N2O2/c14-10-1-3-12-11(10)8-2-4-13-5-6-15-7-9(8)13/h2,4,10-12,14H,1,3,5-7H2. The largest absolute Gasteiger partial charge is 0.391 e. The topological polar surface area (TPSA) is 46.4 Å². The Kier molecular flexibility index (Phi) is 2.27. The Hall–Kier alpha value is -0.840. The van der Waals surface area contributed by atoms with Crippen molar-refractivity contribution in [3.05, 3.63) is 23.5 Å². The lowest BCUT2D eigenvalue weighted by atomic mass is 10.0. The molecule has 0 spiro atoms. The molecule has 82 valence electrons. The summed E-state index contributed by atoms with van der Waals surface area (Å²) in [4.78, 5) is 0. The van der Waals surface area contributed by atoms with E-state index in [1.807, 2.05) is 0 Å². The van der Waals surface area contributed by atoms with Crippen molar-refractivity contribution < 1.29 is 9.84 Å². The van der Waals surface area contributed by atoms with E-state index in [0.29, 0.717) is 6.61 Å². The molecule has 2 N–H and O–H groups in total. The fourth-order valence-corrected chi connectivity index (χ4v) is 2.52. The summed E-state index contributed by atoms with van der Waals surface area (Å²) in [5, 5.41) is 13.2. The van der Waals surface area contributed by atoms with Crippen LogP contribution in [0.4, 0.5) is 0 Å². The van der Waals surface area contributed by atoms with E-state index in [1.54, 1.807) is 0 Å². The average molecular weight is 208 g/mol. The first-order valence-corrected chi connectivity index (χ1v) is 5.53. The minimum Gasteiger partial charge on any atom is -0.391 e. The second-order valence-electron chi connectivity index (χ2n) is 4.25. The molecule has 0 saturated carbocycles. The van der Waals surface area contributed by atoms with Crippen LogP contribution in [0.3, 0.4) is 0 Å². The molecular weight excluding hydrogens is 192 g/mol. The molecule has 4 nitrogen and oxygen atoms in total. The molecule has 1 aromatic rings. The van der Waals surface area contributed by atoms with Crippen LogP contribution in [0, 0.1) is 0 Å². The van der Waals surface area contributed by atoms with Gasteiger partial charge in [-0.15, -0.1) is 0 Å². The minimum absolute atomic E-state index is 0.1000. The highest BCUT2D eigenvalue weighted by atomic mass is 16.5. The molecule has 0 radical (unpaired) electrons. The molecule has 2 aliphatic heterocycles. The Morgan fingerprint density at radius 2 is 2.47 bits per heavy atom. The van der Waals surface area contributed by atoms with E-state index in [4.69, 9.17) is 4.74 Å². The number of hydrogen-bond donors (Lipinski definition) is 2. The molecule has 1 fully saturated rings. The number of aliphatic hydroxyl groups excluding tert-OH is 1. The lowest BCUT2D eigenvalue weighted by molar-refractivity contribution is 0.0825. The number of aromatic nitrogens is 1. The second-order valence-corrected chi connectivity index (χ2v) is 4.25. The number of aliphatic hydroxyl groups is 1. The maximum absolute atomic E-state index is 9.85. The molecule has 1 saturated heterocycles. The van der Waals surface area contributed by atoms with Gasteiger partial charge in [-0.25, -0.2) is 0 Å². The van der Waals surface area contributed by atoms with Gasteiger partial charge in [0.05, 0.1) is 25.4 Å². The molecule has 2 aliphatic rings. The first kappa shape index (κ1) is 9.39. The number of nitrogens with one attached hydrogen (secondary N) is 1. The quantitative estimate of drug-likeness (QED) is 0.703. The van der Waals surface area contributed by atoms with Crippen LogP contribution in [-0.4, -0.2) is 28.9 Å². The Morgan fingerprint density at radius 3 is 3.27 bits per heavy atom. The maximum atomic E-state index is 9.85. The molecule has 3 rings (SSSR count). The van der Waals surface area contributed by atoms with E-state index in [9.17, 15) is 5.11 Å². The SMILES string of the molecule is OC1CCNC1c1ccn2c1COCC2. The predicted molar refractivity (Wildman–Crippen MR) is 55.5 cm³/mol. The molecule has 0 aromatic carbocycles. The van der Waals surface area contributed by atoms with Crippen molar-refractivity contribution in [3.8, 4) is 0 Å². The molecule has 0 aliphatic carbocycles. The van der Waals surface area contributed by atoms with Crippen molar-refractivity contribution in [1.29, 1.82) is 0 Å². The van der Waals surface area contributed by atoms with Gasteiger partial charge < -0.3 is 19.7 Å². The van der Waals surface area contributed by atoms with Gasteiger partial charge in [0.1, 0.15) is 0 Å². The number of fused-ring (bicyclic) bond motifs is 1. The van der Waals surface area contributed by atoms with Gasteiger partial charge >= 0.3 is 0 Å². The van der Waals surface area contributed by atoms with Gasteiger partial charge in [-0.3, -0.25) is 0 Å². The number of rotatable bonds is 1. The van der Waals surface area contributed by atoms with Gasteiger partial charge in [0, 0.05) is 18.4 Å². The third-order valence-corrected chi connectivity index (χ3v) is 3.35. The van der Waals surface area contributed by atoms with Gasteiger partial charge in [-0.2, -0.15) is 0 Å². The molecule has 0 amide bonds. The molecule has 15 heavy (non-hydrogen) atoms. The summed E-state index contributed by atoms with van der Waals surface area (Å²) in [6.45, 7) is 3.30. The smallest absolute Gasteiger partial charge is 0.0872 e. The van der Waals surface area contributed by atoms with Crippen molar-refractivity contribution >= 4 is 0 Å². The zero-order valence-corrected chi connectivity index (χ0v) is 8.65. The molecule has 0 bridgehead atoms. The first-order chi connectivity index (χ1) is 7.36. The zero-order chi connectivity index (χ0) is 10.3. The predicted octanol–water partition coefficient (Wildman–Crippen LogP) is 0.414. The highest BCUT2D eigenvalue weighted by molar-refractivity contribution is 5.28. The van der Waals surface area contributed by atoms with Gasteiger partial charge in [-0.1, -0.05) is 0 Å². The van der Waals surface area contributed by atoms with Crippen LogP contribution < -0.4 is 5.32 Å². The molecule has 3 heterocycles. The van der Waals surface area contributed by atoms with Crippen molar-refractivity contribution in [1.82, 2.24) is 9.88 Å². The van der Waals surface area contributed by atoms with Crippen LogP contribution in [-0.2, 0) is 17.9 Å². The van der Waals surface area contributed by atoms with Crippen LogP contribution >= 0.6 is 0 Å². The molecule has 2 unspecified atom stereocenters. The van der Waals surface area contributed by atoms with Gasteiger partial charge in [0.2, 0.25) is 0 Å². The third kappa shape index (κ3) is 1.49. The van der Waals surface area contributed by atoms with E-state index >= 15 is 0 Å². The summed E-state index contributed by atoms with van der Waals surface area (Å²) in [6.07, 6.45) is 2.69. The monoisotopic (exact) mass is 208 g/mol. The Morgan fingerprint density at radius 1 is 1.53 bits per heavy atom. The minimum atomic E-state index is -0.251. The highest BCUT2D eigenvalue weighted by Gasteiger charge is 2.29. The summed E-state index contributed by atoms with van der Waals surface area (Å²) in [7, 11) is 0. The Bertz CT molecular complexity index is 361. The highest BCUT2D eigenvalue weighted by Crippen LogP contribution is 2.29. The van der Waals surface area contributed by atoms with Gasteiger partial charge in [0.15, 0.2) is 0 Å². The van der Waals surface area contributed by atoms with Crippen LogP contribution in [0.1, 0.15) is 23.7 Å². The van der Waals surface area contributed by atoms with Crippen LogP contribution in [0.2, 0.25) is 0 Å². The average Bonchev–Trinajstić information content (AvgIpc) is 2.83. The summed E-state index contributed by atoms with van der Waals surface area (Å²) < 4.78 is 7.69. The van der Waals surface area contributed by atoms with Gasteiger partial charge in [-0.05, 0) is 24.6 Å². The van der Waals surface area contributed by atoms with Crippen LogP contribution in [0.25, 0.3) is 0 Å². The van der Waals surface area contributed by atoms with Gasteiger partial charge in [0.25, 0.3) is 0 Å². The summed E-state index contributed by atoms with van der Waals surface area (Å²) in [5.41, 5.74) is 2.43. The molecule has 4 heteroatoms. The van der Waals surface area contributed by atoms with Crippen molar-refractivity contribution in [3.63, 3.8) is 0 Å². The fourth-order valence-electron chi connectivity index (χ4n) is 2.52. The first-order valence-electron chi connectivity index (χ1n) is 5.53. The Labute approximate surface area is 88.9 Å². The normalized spacial score (nSPS) is 30.5. The van der Waals surface area contributed by atoms with E-state index in [1.165, 1.54) is 11.3 Å². The Balaban J connectivity index is 1.94. The fraction of sp³-hybridized carbons (Fsp3) is 0.636. The number of nitrogens with zero attached hydrogens (tertiary/aromatic N) is 1. The molecule has 1 aromatic heterocycles. The van der Waals surface area contributed by atoms with Crippen LogP contribution in [0.15, 0.2) is 12.3 Å². The van der Waals surface area contributed by atoms with E-state index in [-0.39, 0.29) is 12.1 Å². The van der Waals surface area contributed by atoms with E-state index in [0.717, 1.165) is 26.1 Å². The summed E-state index contributed by atoms with van der Waals surface area (Å²) >= 11 is 0.